The summed E-state index contributed by atoms with van der Waals surface area (Å²) < 4.78 is 12.8. The molecule has 0 aliphatic carbocycles. The van der Waals surface area contributed by atoms with Gasteiger partial charge in [-0.3, -0.25) is 0 Å². The van der Waals surface area contributed by atoms with Crippen molar-refractivity contribution >= 4 is 17.4 Å². The van der Waals surface area contributed by atoms with Crippen molar-refractivity contribution in [1.29, 1.82) is 0 Å². The van der Waals surface area contributed by atoms with Crippen LogP contribution >= 0.6 is 11.6 Å². The Morgan fingerprint density at radius 3 is 2.73 bits per heavy atom. The Kier molecular flexibility index (Phi) is 4.76. The molecule has 0 spiro atoms. The standard InChI is InChI=1S/C12H14ClFO/c1-9(15)4-2-3-5-10-6-7-12(14)11(13)8-10/h6-8H,2-5H2,1H3. The lowest BCUT2D eigenvalue weighted by Crippen LogP contribution is -1.92. The van der Waals surface area contributed by atoms with Gasteiger partial charge in [0.15, 0.2) is 0 Å². The summed E-state index contributed by atoms with van der Waals surface area (Å²) in [5, 5.41) is 0.166. The van der Waals surface area contributed by atoms with Crippen LogP contribution in [0, 0.1) is 5.82 Å². The third-order valence-electron chi connectivity index (χ3n) is 2.23. The van der Waals surface area contributed by atoms with Gasteiger partial charge in [-0.25, -0.2) is 4.39 Å². The molecular weight excluding hydrogens is 215 g/mol. The predicted molar refractivity (Wildman–Crippen MR) is 59.6 cm³/mol. The molecule has 1 aromatic carbocycles. The minimum atomic E-state index is -0.385. The molecule has 1 rings (SSSR count). The van der Waals surface area contributed by atoms with Crippen LogP contribution in [-0.4, -0.2) is 5.78 Å². The Morgan fingerprint density at radius 2 is 2.13 bits per heavy atom. The summed E-state index contributed by atoms with van der Waals surface area (Å²) in [6.07, 6.45) is 3.27. The molecule has 0 unspecified atom stereocenters. The second-order valence-electron chi connectivity index (χ2n) is 3.66. The fourth-order valence-corrected chi connectivity index (χ4v) is 1.60. The van der Waals surface area contributed by atoms with Crippen molar-refractivity contribution in [2.75, 3.05) is 0 Å². The van der Waals surface area contributed by atoms with Gasteiger partial charge in [0.2, 0.25) is 0 Å². The van der Waals surface area contributed by atoms with E-state index in [-0.39, 0.29) is 16.6 Å². The Morgan fingerprint density at radius 1 is 1.40 bits per heavy atom. The fourth-order valence-electron chi connectivity index (χ4n) is 1.40. The highest BCUT2D eigenvalue weighted by Crippen LogP contribution is 2.17. The molecule has 0 heterocycles. The minimum Gasteiger partial charge on any atom is -0.300 e. The summed E-state index contributed by atoms with van der Waals surface area (Å²) in [4.78, 5) is 10.7. The van der Waals surface area contributed by atoms with Crippen molar-refractivity contribution in [2.45, 2.75) is 32.6 Å². The molecule has 0 amide bonds. The minimum absolute atomic E-state index is 0.166. The third-order valence-corrected chi connectivity index (χ3v) is 2.52. The predicted octanol–water partition coefficient (Wildman–Crippen LogP) is 3.78. The van der Waals surface area contributed by atoms with Crippen molar-refractivity contribution in [1.82, 2.24) is 0 Å². The maximum atomic E-state index is 12.8. The first kappa shape index (κ1) is 12.2. The van der Waals surface area contributed by atoms with Crippen LogP contribution in [0.25, 0.3) is 0 Å². The number of hydrogen-bond donors (Lipinski definition) is 0. The zero-order valence-electron chi connectivity index (χ0n) is 8.72. The Balaban J connectivity index is 2.38. The average molecular weight is 229 g/mol. The lowest BCUT2D eigenvalue weighted by molar-refractivity contribution is -0.117. The lowest BCUT2D eigenvalue weighted by Gasteiger charge is -2.02. The van der Waals surface area contributed by atoms with Gasteiger partial charge < -0.3 is 4.79 Å². The van der Waals surface area contributed by atoms with Crippen LogP contribution in [0.4, 0.5) is 4.39 Å². The summed E-state index contributed by atoms with van der Waals surface area (Å²) in [5.41, 5.74) is 1.02. The largest absolute Gasteiger partial charge is 0.300 e. The maximum absolute atomic E-state index is 12.8. The molecule has 0 fully saturated rings. The molecule has 0 saturated heterocycles. The van der Waals surface area contributed by atoms with Gasteiger partial charge in [0.05, 0.1) is 5.02 Å². The molecule has 15 heavy (non-hydrogen) atoms. The highest BCUT2D eigenvalue weighted by atomic mass is 35.5. The number of aryl methyl sites for hydroxylation is 1. The van der Waals surface area contributed by atoms with Gasteiger partial charge in [0, 0.05) is 6.42 Å². The normalized spacial score (nSPS) is 10.3. The molecule has 82 valence electrons. The van der Waals surface area contributed by atoms with Crippen LogP contribution in [0.3, 0.4) is 0 Å². The topological polar surface area (TPSA) is 17.1 Å². The van der Waals surface area contributed by atoms with E-state index in [4.69, 9.17) is 11.6 Å². The second-order valence-corrected chi connectivity index (χ2v) is 4.06. The van der Waals surface area contributed by atoms with E-state index in [0.29, 0.717) is 6.42 Å². The van der Waals surface area contributed by atoms with Crippen LogP contribution in [0.15, 0.2) is 18.2 Å². The number of hydrogen-bond acceptors (Lipinski definition) is 1. The van der Waals surface area contributed by atoms with Crippen molar-refractivity contribution in [3.05, 3.63) is 34.6 Å². The molecule has 3 heteroatoms. The summed E-state index contributed by atoms with van der Waals surface area (Å²) in [5.74, 6) is -0.170. The quantitative estimate of drug-likeness (QED) is 0.701. The third kappa shape index (κ3) is 4.43. The summed E-state index contributed by atoms with van der Waals surface area (Å²) >= 11 is 5.65. The summed E-state index contributed by atoms with van der Waals surface area (Å²) in [6.45, 7) is 1.59. The van der Waals surface area contributed by atoms with Gasteiger partial charge >= 0.3 is 0 Å². The maximum Gasteiger partial charge on any atom is 0.141 e. The van der Waals surface area contributed by atoms with Crippen molar-refractivity contribution in [3.63, 3.8) is 0 Å². The number of carbonyl (C=O) groups is 1. The first-order chi connectivity index (χ1) is 7.09. The van der Waals surface area contributed by atoms with Gasteiger partial charge in [-0.1, -0.05) is 17.7 Å². The van der Waals surface area contributed by atoms with Gasteiger partial charge in [0.25, 0.3) is 0 Å². The summed E-state index contributed by atoms with van der Waals surface area (Å²) in [6, 6.07) is 4.75. The van der Waals surface area contributed by atoms with Crippen molar-refractivity contribution in [3.8, 4) is 0 Å². The molecule has 0 saturated carbocycles. The molecule has 0 aliphatic rings. The molecule has 0 N–H and O–H groups in total. The molecule has 0 aromatic heterocycles. The van der Waals surface area contributed by atoms with Crippen LogP contribution in [0.5, 0.6) is 0 Å². The molecular formula is C12H14ClFO. The van der Waals surface area contributed by atoms with Gasteiger partial charge in [-0.15, -0.1) is 0 Å². The van der Waals surface area contributed by atoms with E-state index in [1.807, 2.05) is 0 Å². The lowest BCUT2D eigenvalue weighted by atomic mass is 10.1. The highest BCUT2D eigenvalue weighted by Gasteiger charge is 2.01. The smallest absolute Gasteiger partial charge is 0.141 e. The van der Waals surface area contributed by atoms with Gasteiger partial charge in [-0.05, 0) is 43.9 Å². The zero-order valence-corrected chi connectivity index (χ0v) is 9.48. The monoisotopic (exact) mass is 228 g/mol. The first-order valence-electron chi connectivity index (χ1n) is 5.03. The molecule has 0 atom stereocenters. The van der Waals surface area contributed by atoms with E-state index < -0.39 is 0 Å². The van der Waals surface area contributed by atoms with Gasteiger partial charge in [0.1, 0.15) is 11.6 Å². The van der Waals surface area contributed by atoms with E-state index in [1.54, 1.807) is 19.1 Å². The average Bonchev–Trinajstić information content (AvgIpc) is 2.18. The van der Waals surface area contributed by atoms with E-state index >= 15 is 0 Å². The highest BCUT2D eigenvalue weighted by molar-refractivity contribution is 6.30. The van der Waals surface area contributed by atoms with Gasteiger partial charge in [-0.2, -0.15) is 0 Å². The van der Waals surface area contributed by atoms with Crippen molar-refractivity contribution in [2.24, 2.45) is 0 Å². The number of Topliss-reactive ketones (excluding diaryl/α,β-unsaturated/α-hetero) is 1. The van der Waals surface area contributed by atoms with Crippen LogP contribution in [0.2, 0.25) is 5.02 Å². The van der Waals surface area contributed by atoms with E-state index in [9.17, 15) is 9.18 Å². The molecule has 0 radical (unpaired) electrons. The molecule has 0 aliphatic heterocycles. The number of unbranched alkanes of at least 4 members (excludes halogenated alkanes) is 1. The Hall–Kier alpha value is -0.890. The second kappa shape index (κ2) is 5.86. The van der Waals surface area contributed by atoms with Crippen molar-refractivity contribution < 1.29 is 9.18 Å². The Bertz CT molecular complexity index is 349. The first-order valence-corrected chi connectivity index (χ1v) is 5.41. The van der Waals surface area contributed by atoms with E-state index in [1.165, 1.54) is 6.07 Å². The number of rotatable bonds is 5. The van der Waals surface area contributed by atoms with E-state index in [0.717, 1.165) is 24.8 Å². The molecule has 1 aromatic rings. The Labute approximate surface area is 94.3 Å². The molecule has 0 bridgehead atoms. The van der Waals surface area contributed by atoms with Crippen LogP contribution in [0.1, 0.15) is 31.7 Å². The summed E-state index contributed by atoms with van der Waals surface area (Å²) in [7, 11) is 0. The fraction of sp³-hybridized carbons (Fsp3) is 0.417. The number of ketones is 1. The molecule has 1 nitrogen and oxygen atoms in total. The van der Waals surface area contributed by atoms with Crippen LogP contribution < -0.4 is 0 Å². The zero-order chi connectivity index (χ0) is 11.3. The number of halogens is 2. The number of carbonyl (C=O) groups excluding carboxylic acids is 1. The SMILES string of the molecule is CC(=O)CCCCc1ccc(F)c(Cl)c1. The van der Waals surface area contributed by atoms with E-state index in [2.05, 4.69) is 0 Å². The van der Waals surface area contributed by atoms with Crippen LogP contribution in [-0.2, 0) is 11.2 Å². The number of benzene rings is 1.